The number of carbonyl (C=O) groups is 1. The molecule has 6 atom stereocenters. The number of esters is 1. The lowest BCUT2D eigenvalue weighted by Gasteiger charge is -2.35. The summed E-state index contributed by atoms with van der Waals surface area (Å²) < 4.78 is 5.93. The first-order valence-corrected chi connectivity index (χ1v) is 6.94. The van der Waals surface area contributed by atoms with Crippen LogP contribution in [0.15, 0.2) is 12.2 Å². The third kappa shape index (κ3) is 0.840. The highest BCUT2D eigenvalue weighted by Gasteiger charge is 2.83. The molecule has 2 heteroatoms. The Morgan fingerprint density at radius 1 is 1.29 bits per heavy atom. The first-order valence-electron chi connectivity index (χ1n) is 6.94. The van der Waals surface area contributed by atoms with Gasteiger partial charge in [-0.05, 0) is 50.0 Å². The molecule has 2 nitrogen and oxygen atoms in total. The molecule has 0 aromatic rings. The van der Waals surface area contributed by atoms with Gasteiger partial charge < -0.3 is 4.74 Å². The molecule has 0 radical (unpaired) electrons. The molecule has 0 aromatic carbocycles. The quantitative estimate of drug-likeness (QED) is 0.474. The number of fused-ring (bicyclic) bond motifs is 1. The van der Waals surface area contributed by atoms with Crippen molar-refractivity contribution in [2.75, 3.05) is 0 Å². The van der Waals surface area contributed by atoms with E-state index in [2.05, 4.69) is 20.4 Å². The van der Waals surface area contributed by atoms with Crippen molar-refractivity contribution in [3.8, 4) is 0 Å². The Hall–Kier alpha value is -0.790. The molecule has 0 N–H and O–H groups in total. The first-order chi connectivity index (χ1) is 8.03. The van der Waals surface area contributed by atoms with Gasteiger partial charge in [0, 0.05) is 11.8 Å². The second kappa shape index (κ2) is 2.62. The summed E-state index contributed by atoms with van der Waals surface area (Å²) in [5.41, 5.74) is 0.791. The normalized spacial score (nSPS) is 59.4. The smallest absolute Gasteiger partial charge is 0.313 e. The van der Waals surface area contributed by atoms with Gasteiger partial charge in [0.2, 0.25) is 0 Å². The fraction of sp³-hybridized carbons (Fsp3) is 0.800. The second-order valence-electron chi connectivity index (χ2n) is 6.85. The Bertz CT molecular complexity index is 440. The van der Waals surface area contributed by atoms with Gasteiger partial charge in [-0.3, -0.25) is 4.79 Å². The summed E-state index contributed by atoms with van der Waals surface area (Å²) in [6.07, 6.45) is 4.70. The maximum atomic E-state index is 12.2. The van der Waals surface area contributed by atoms with Crippen molar-refractivity contribution >= 4 is 5.97 Å². The Labute approximate surface area is 102 Å². The van der Waals surface area contributed by atoms with Crippen LogP contribution < -0.4 is 0 Å². The lowest BCUT2D eigenvalue weighted by molar-refractivity contribution is -0.157. The van der Waals surface area contributed by atoms with E-state index in [0.717, 1.165) is 6.42 Å². The minimum absolute atomic E-state index is 0.0645. The molecule has 3 aliphatic carbocycles. The summed E-state index contributed by atoms with van der Waals surface area (Å²) in [6, 6.07) is 0. The lowest BCUT2D eigenvalue weighted by Crippen LogP contribution is -2.41. The predicted octanol–water partition coefficient (Wildman–Crippen LogP) is 2.93. The maximum Gasteiger partial charge on any atom is 0.313 e. The van der Waals surface area contributed by atoms with Crippen LogP contribution in [0.4, 0.5) is 0 Å². The molecule has 0 unspecified atom stereocenters. The minimum atomic E-state index is -0.258. The minimum Gasteiger partial charge on any atom is -0.453 e. The Morgan fingerprint density at radius 2 is 2.06 bits per heavy atom. The topological polar surface area (TPSA) is 26.3 Å². The molecule has 0 bridgehead atoms. The predicted molar refractivity (Wildman–Crippen MR) is 64.2 cm³/mol. The fourth-order valence-electron chi connectivity index (χ4n) is 5.37. The molecular weight excluding hydrogens is 212 g/mol. The molecule has 1 heterocycles. The molecule has 4 aliphatic rings. The first kappa shape index (κ1) is 10.2. The van der Waals surface area contributed by atoms with Crippen LogP contribution in [-0.4, -0.2) is 11.6 Å². The van der Waals surface area contributed by atoms with Crippen LogP contribution in [0.3, 0.4) is 0 Å². The number of ether oxygens (including phenoxy) is 1. The zero-order chi connectivity index (χ0) is 12.0. The maximum absolute atomic E-state index is 12.2. The largest absolute Gasteiger partial charge is 0.453 e. The summed E-state index contributed by atoms with van der Waals surface area (Å²) in [5.74, 6) is 2.31. The van der Waals surface area contributed by atoms with E-state index in [-0.39, 0.29) is 17.0 Å². The zero-order valence-electron chi connectivity index (χ0n) is 10.7. The van der Waals surface area contributed by atoms with Gasteiger partial charge >= 0.3 is 5.97 Å². The number of rotatable bonds is 0. The van der Waals surface area contributed by atoms with Crippen LogP contribution in [0.5, 0.6) is 0 Å². The van der Waals surface area contributed by atoms with E-state index in [9.17, 15) is 4.79 Å². The highest BCUT2D eigenvalue weighted by molar-refractivity contribution is 5.86. The molecule has 3 saturated carbocycles. The van der Waals surface area contributed by atoms with E-state index in [1.807, 2.05) is 0 Å². The number of carbonyl (C=O) groups excluding carboxylic acids is 1. The van der Waals surface area contributed by atoms with Crippen LogP contribution in [-0.2, 0) is 9.53 Å². The van der Waals surface area contributed by atoms with Gasteiger partial charge in [0.05, 0.1) is 5.41 Å². The third-order valence-electron chi connectivity index (χ3n) is 6.35. The van der Waals surface area contributed by atoms with Crippen molar-refractivity contribution < 1.29 is 9.53 Å². The van der Waals surface area contributed by atoms with Crippen molar-refractivity contribution in [2.24, 2.45) is 29.1 Å². The monoisotopic (exact) mass is 232 g/mol. The summed E-state index contributed by atoms with van der Waals surface area (Å²) in [7, 11) is 0. The molecule has 4 fully saturated rings. The third-order valence-corrected chi connectivity index (χ3v) is 6.35. The van der Waals surface area contributed by atoms with Crippen molar-refractivity contribution in [3.05, 3.63) is 12.2 Å². The molecular formula is C15H20O2. The molecule has 1 aliphatic heterocycles. The van der Waals surface area contributed by atoms with Crippen molar-refractivity contribution in [3.63, 3.8) is 0 Å². The summed E-state index contributed by atoms with van der Waals surface area (Å²) in [6.45, 7) is 8.71. The van der Waals surface area contributed by atoms with Crippen molar-refractivity contribution in [1.82, 2.24) is 0 Å². The summed E-state index contributed by atoms with van der Waals surface area (Å²) in [4.78, 5) is 12.2. The molecule has 0 aromatic heterocycles. The SMILES string of the molecule is C=C1CC[C@H]2[C@@H](C)CC[C@H]3[C@H]4[C@@]3(C)C(=O)O[C@]124. The van der Waals surface area contributed by atoms with Gasteiger partial charge in [-0.1, -0.05) is 13.5 Å². The fourth-order valence-corrected chi connectivity index (χ4v) is 5.37. The number of hydrogen-bond donors (Lipinski definition) is 0. The molecule has 4 rings (SSSR count). The molecule has 0 amide bonds. The van der Waals surface area contributed by atoms with Crippen LogP contribution in [0.25, 0.3) is 0 Å². The molecule has 92 valence electrons. The van der Waals surface area contributed by atoms with Gasteiger partial charge in [-0.2, -0.15) is 0 Å². The average molecular weight is 232 g/mol. The van der Waals surface area contributed by atoms with E-state index >= 15 is 0 Å². The van der Waals surface area contributed by atoms with Gasteiger partial charge in [-0.25, -0.2) is 0 Å². The van der Waals surface area contributed by atoms with Crippen LogP contribution in [0, 0.1) is 29.1 Å². The van der Waals surface area contributed by atoms with E-state index in [1.165, 1.54) is 24.8 Å². The van der Waals surface area contributed by atoms with Gasteiger partial charge in [0.25, 0.3) is 0 Å². The second-order valence-corrected chi connectivity index (χ2v) is 6.85. The Balaban J connectivity index is 1.90. The van der Waals surface area contributed by atoms with Crippen LogP contribution >= 0.6 is 0 Å². The van der Waals surface area contributed by atoms with E-state index in [0.29, 0.717) is 23.7 Å². The Kier molecular flexibility index (Phi) is 1.57. The zero-order valence-corrected chi connectivity index (χ0v) is 10.7. The van der Waals surface area contributed by atoms with Crippen LogP contribution in [0.2, 0.25) is 0 Å². The van der Waals surface area contributed by atoms with E-state index < -0.39 is 0 Å². The average Bonchev–Trinajstić information content (AvgIpc) is 2.71. The highest BCUT2D eigenvalue weighted by Crippen LogP contribution is 2.77. The van der Waals surface area contributed by atoms with E-state index in [1.54, 1.807) is 0 Å². The summed E-state index contributed by atoms with van der Waals surface area (Å²) >= 11 is 0. The number of hydrogen-bond acceptors (Lipinski definition) is 2. The van der Waals surface area contributed by atoms with Gasteiger partial charge in [0.15, 0.2) is 0 Å². The van der Waals surface area contributed by atoms with Gasteiger partial charge in [0.1, 0.15) is 5.60 Å². The highest BCUT2D eigenvalue weighted by atomic mass is 16.6. The van der Waals surface area contributed by atoms with E-state index in [4.69, 9.17) is 4.74 Å². The molecule has 1 saturated heterocycles. The van der Waals surface area contributed by atoms with Crippen LogP contribution in [0.1, 0.15) is 39.5 Å². The molecule has 1 spiro atoms. The van der Waals surface area contributed by atoms with Gasteiger partial charge in [-0.15, -0.1) is 0 Å². The lowest BCUT2D eigenvalue weighted by atomic mass is 9.76. The van der Waals surface area contributed by atoms with Crippen molar-refractivity contribution in [2.45, 2.75) is 45.1 Å². The standard InChI is InChI=1S/C15H20O2/c1-8-4-6-11-12-14(11,3)13(16)17-15(12)9(2)5-7-10(8)15/h8,10-12H,2,4-7H2,1,3H3/t8-,10-,11-,12-,14-,15+/m0/s1. The van der Waals surface area contributed by atoms with Crippen molar-refractivity contribution in [1.29, 1.82) is 0 Å². The Morgan fingerprint density at radius 3 is 2.82 bits per heavy atom. The summed E-state index contributed by atoms with van der Waals surface area (Å²) in [5, 5.41) is 0. The molecule has 17 heavy (non-hydrogen) atoms.